The van der Waals surface area contributed by atoms with Crippen LogP contribution in [0.15, 0.2) is 54.1 Å². The lowest BCUT2D eigenvalue weighted by Gasteiger charge is -2.08. The first-order valence-electron chi connectivity index (χ1n) is 5.85. The standard InChI is InChI=1S/C15H18O/c1-13(15-11-6-12-16-15)7-5-10-14-8-3-2-4-9-14/h2-4,6-9,11,15H,5,10,12H2,1H3/b13-7+/t15-/m0/s1. The number of benzene rings is 1. The predicted molar refractivity (Wildman–Crippen MR) is 67.4 cm³/mol. The van der Waals surface area contributed by atoms with Gasteiger partial charge in [0.25, 0.3) is 0 Å². The Morgan fingerprint density at radius 3 is 2.88 bits per heavy atom. The minimum absolute atomic E-state index is 0.218. The van der Waals surface area contributed by atoms with Crippen molar-refractivity contribution in [2.24, 2.45) is 0 Å². The lowest BCUT2D eigenvalue weighted by molar-refractivity contribution is 0.153. The summed E-state index contributed by atoms with van der Waals surface area (Å²) < 4.78 is 5.54. The van der Waals surface area contributed by atoms with Gasteiger partial charge in [0.05, 0.1) is 12.7 Å². The van der Waals surface area contributed by atoms with Crippen LogP contribution in [0.2, 0.25) is 0 Å². The van der Waals surface area contributed by atoms with Gasteiger partial charge in [-0.25, -0.2) is 0 Å². The minimum Gasteiger partial charge on any atom is -0.366 e. The maximum atomic E-state index is 5.54. The van der Waals surface area contributed by atoms with Crippen molar-refractivity contribution in [2.45, 2.75) is 25.9 Å². The van der Waals surface area contributed by atoms with Gasteiger partial charge in [0.1, 0.15) is 0 Å². The van der Waals surface area contributed by atoms with E-state index in [1.807, 2.05) is 0 Å². The molecule has 2 rings (SSSR count). The summed E-state index contributed by atoms with van der Waals surface area (Å²) in [5.74, 6) is 0. The van der Waals surface area contributed by atoms with E-state index in [0.717, 1.165) is 19.4 Å². The zero-order valence-corrected chi connectivity index (χ0v) is 9.73. The number of ether oxygens (including phenoxy) is 1. The van der Waals surface area contributed by atoms with Gasteiger partial charge < -0.3 is 4.74 Å². The van der Waals surface area contributed by atoms with Crippen molar-refractivity contribution >= 4 is 0 Å². The van der Waals surface area contributed by atoms with E-state index in [9.17, 15) is 0 Å². The second-order valence-corrected chi connectivity index (χ2v) is 4.15. The van der Waals surface area contributed by atoms with Gasteiger partial charge >= 0.3 is 0 Å². The first-order valence-corrected chi connectivity index (χ1v) is 5.85. The third-order valence-corrected chi connectivity index (χ3v) is 2.87. The van der Waals surface area contributed by atoms with Gasteiger partial charge in [0, 0.05) is 0 Å². The summed E-state index contributed by atoms with van der Waals surface area (Å²) >= 11 is 0. The van der Waals surface area contributed by atoms with Crippen LogP contribution in [0, 0.1) is 0 Å². The molecule has 1 heterocycles. The Balaban J connectivity index is 1.82. The molecule has 0 fully saturated rings. The highest BCUT2D eigenvalue weighted by atomic mass is 16.5. The van der Waals surface area contributed by atoms with E-state index in [0.29, 0.717) is 0 Å². The second kappa shape index (κ2) is 5.66. The molecule has 0 aliphatic carbocycles. The maximum Gasteiger partial charge on any atom is 0.0969 e. The summed E-state index contributed by atoms with van der Waals surface area (Å²) in [6, 6.07) is 10.6. The third kappa shape index (κ3) is 3.07. The van der Waals surface area contributed by atoms with Crippen LogP contribution in [0.25, 0.3) is 0 Å². The monoisotopic (exact) mass is 214 g/mol. The van der Waals surface area contributed by atoms with Crippen molar-refractivity contribution in [3.63, 3.8) is 0 Å². The van der Waals surface area contributed by atoms with E-state index in [2.05, 4.69) is 55.5 Å². The predicted octanol–water partition coefficient (Wildman–Crippen LogP) is 3.52. The largest absolute Gasteiger partial charge is 0.366 e. The molecule has 0 bridgehead atoms. The van der Waals surface area contributed by atoms with Gasteiger partial charge in [0.2, 0.25) is 0 Å². The lowest BCUT2D eigenvalue weighted by Crippen LogP contribution is -2.05. The van der Waals surface area contributed by atoms with E-state index in [1.54, 1.807) is 0 Å². The van der Waals surface area contributed by atoms with Gasteiger partial charge in [-0.15, -0.1) is 0 Å². The van der Waals surface area contributed by atoms with Crippen LogP contribution < -0.4 is 0 Å². The molecule has 0 spiro atoms. The topological polar surface area (TPSA) is 9.23 Å². The zero-order chi connectivity index (χ0) is 11.2. The van der Waals surface area contributed by atoms with Crippen LogP contribution in [0.3, 0.4) is 0 Å². The average Bonchev–Trinajstić information content (AvgIpc) is 2.84. The first-order chi connectivity index (χ1) is 7.86. The Hall–Kier alpha value is -1.34. The number of hydrogen-bond donors (Lipinski definition) is 0. The molecule has 1 nitrogen and oxygen atoms in total. The molecule has 1 aromatic carbocycles. The molecule has 1 aliphatic heterocycles. The quantitative estimate of drug-likeness (QED) is 0.697. The number of aryl methyl sites for hydroxylation is 1. The SMILES string of the molecule is C/C(=C\CCc1ccccc1)[C@@H]1C=CCO1. The van der Waals surface area contributed by atoms with E-state index in [1.165, 1.54) is 11.1 Å². The highest BCUT2D eigenvalue weighted by Crippen LogP contribution is 2.14. The molecule has 0 radical (unpaired) electrons. The van der Waals surface area contributed by atoms with Crippen molar-refractivity contribution in [1.82, 2.24) is 0 Å². The van der Waals surface area contributed by atoms with E-state index in [4.69, 9.17) is 4.74 Å². The molecule has 1 heteroatoms. The van der Waals surface area contributed by atoms with Crippen molar-refractivity contribution in [2.75, 3.05) is 6.61 Å². The summed E-state index contributed by atoms with van der Waals surface area (Å²) in [7, 11) is 0. The number of allylic oxidation sites excluding steroid dienone is 1. The fourth-order valence-electron chi connectivity index (χ4n) is 1.90. The fourth-order valence-corrected chi connectivity index (χ4v) is 1.90. The Morgan fingerprint density at radius 2 is 2.19 bits per heavy atom. The maximum absolute atomic E-state index is 5.54. The lowest BCUT2D eigenvalue weighted by atomic mass is 10.1. The summed E-state index contributed by atoms with van der Waals surface area (Å²) in [6.07, 6.45) is 8.91. The van der Waals surface area contributed by atoms with Crippen molar-refractivity contribution in [3.8, 4) is 0 Å². The molecule has 1 aromatic rings. The highest BCUT2D eigenvalue weighted by Gasteiger charge is 2.10. The van der Waals surface area contributed by atoms with Crippen LogP contribution in [0.1, 0.15) is 18.9 Å². The Morgan fingerprint density at radius 1 is 1.38 bits per heavy atom. The third-order valence-electron chi connectivity index (χ3n) is 2.87. The normalized spacial score (nSPS) is 20.3. The van der Waals surface area contributed by atoms with Crippen LogP contribution in [0.4, 0.5) is 0 Å². The molecule has 0 amide bonds. The summed E-state index contributed by atoms with van der Waals surface area (Å²) in [4.78, 5) is 0. The van der Waals surface area contributed by atoms with Crippen molar-refractivity contribution in [1.29, 1.82) is 0 Å². The van der Waals surface area contributed by atoms with Gasteiger partial charge in [-0.1, -0.05) is 48.6 Å². The molecule has 0 aromatic heterocycles. The van der Waals surface area contributed by atoms with Crippen LogP contribution >= 0.6 is 0 Å². The van der Waals surface area contributed by atoms with Crippen molar-refractivity contribution < 1.29 is 4.74 Å². The van der Waals surface area contributed by atoms with Gasteiger partial charge in [-0.05, 0) is 30.9 Å². The average molecular weight is 214 g/mol. The van der Waals surface area contributed by atoms with E-state index in [-0.39, 0.29) is 6.10 Å². The Bertz CT molecular complexity index is 376. The Labute approximate surface area is 97.4 Å². The van der Waals surface area contributed by atoms with Crippen LogP contribution in [-0.2, 0) is 11.2 Å². The van der Waals surface area contributed by atoms with Crippen LogP contribution in [0.5, 0.6) is 0 Å². The highest BCUT2D eigenvalue weighted by molar-refractivity contribution is 5.19. The molecule has 1 atom stereocenters. The van der Waals surface area contributed by atoms with Crippen LogP contribution in [-0.4, -0.2) is 12.7 Å². The first kappa shape index (κ1) is 11.2. The molecule has 0 saturated heterocycles. The number of hydrogen-bond acceptors (Lipinski definition) is 1. The van der Waals surface area contributed by atoms with E-state index >= 15 is 0 Å². The fraction of sp³-hybridized carbons (Fsp3) is 0.333. The molecule has 16 heavy (non-hydrogen) atoms. The zero-order valence-electron chi connectivity index (χ0n) is 9.73. The summed E-state index contributed by atoms with van der Waals surface area (Å²) in [6.45, 7) is 2.90. The minimum atomic E-state index is 0.218. The molecule has 0 N–H and O–H groups in total. The smallest absolute Gasteiger partial charge is 0.0969 e. The van der Waals surface area contributed by atoms with Gasteiger partial charge in [0.15, 0.2) is 0 Å². The number of rotatable bonds is 4. The molecular weight excluding hydrogens is 196 g/mol. The molecule has 84 valence electrons. The van der Waals surface area contributed by atoms with E-state index < -0.39 is 0 Å². The molecule has 1 aliphatic rings. The summed E-state index contributed by atoms with van der Waals surface area (Å²) in [5, 5.41) is 0. The summed E-state index contributed by atoms with van der Waals surface area (Å²) in [5.41, 5.74) is 2.72. The van der Waals surface area contributed by atoms with Gasteiger partial charge in [-0.3, -0.25) is 0 Å². The molecule has 0 saturated carbocycles. The Kier molecular flexibility index (Phi) is 3.95. The second-order valence-electron chi connectivity index (χ2n) is 4.15. The van der Waals surface area contributed by atoms with Gasteiger partial charge in [-0.2, -0.15) is 0 Å². The van der Waals surface area contributed by atoms with Crippen molar-refractivity contribution in [3.05, 3.63) is 59.7 Å². The molecular formula is C15H18O. The molecule has 0 unspecified atom stereocenters.